The minimum atomic E-state index is -0.417. The Kier molecular flexibility index (Phi) is 3.11. The van der Waals surface area contributed by atoms with Crippen LogP contribution in [0, 0.1) is 18.3 Å². The Bertz CT molecular complexity index is 638. The zero-order chi connectivity index (χ0) is 13.1. The van der Waals surface area contributed by atoms with E-state index in [9.17, 15) is 4.79 Å². The van der Waals surface area contributed by atoms with Gasteiger partial charge in [-0.25, -0.2) is 9.78 Å². The van der Waals surface area contributed by atoms with E-state index in [1.165, 1.54) is 7.11 Å². The van der Waals surface area contributed by atoms with Gasteiger partial charge in [0.05, 0.1) is 18.4 Å². The van der Waals surface area contributed by atoms with Crippen molar-refractivity contribution in [2.45, 2.75) is 6.92 Å². The summed E-state index contributed by atoms with van der Waals surface area (Å²) in [5.74, 6) is 0.182. The zero-order valence-corrected chi connectivity index (χ0v) is 10.0. The highest BCUT2D eigenvalue weighted by atomic mass is 16.5. The normalized spacial score (nSPS) is 9.83. The first-order valence-corrected chi connectivity index (χ1v) is 5.31. The summed E-state index contributed by atoms with van der Waals surface area (Å²) >= 11 is 0. The van der Waals surface area contributed by atoms with Crippen LogP contribution in [0.2, 0.25) is 0 Å². The Morgan fingerprint density at radius 1 is 1.44 bits per heavy atom. The predicted octanol–water partition coefficient (Wildman–Crippen LogP) is 1.84. The number of pyridine rings is 1. The van der Waals surface area contributed by atoms with E-state index in [2.05, 4.69) is 15.8 Å². The van der Waals surface area contributed by atoms with Crippen molar-refractivity contribution < 1.29 is 9.53 Å². The van der Waals surface area contributed by atoms with Crippen LogP contribution in [0.5, 0.6) is 0 Å². The van der Waals surface area contributed by atoms with Crippen LogP contribution in [-0.4, -0.2) is 22.6 Å². The zero-order valence-electron chi connectivity index (χ0n) is 10.0. The molecule has 2 heterocycles. The summed E-state index contributed by atoms with van der Waals surface area (Å²) < 4.78 is 6.32. The number of rotatable bonds is 2. The maximum absolute atomic E-state index is 11.4. The van der Waals surface area contributed by atoms with E-state index < -0.39 is 5.97 Å². The summed E-state index contributed by atoms with van der Waals surface area (Å²) in [4.78, 5) is 15.7. The topological polar surface area (TPSA) is 67.9 Å². The maximum Gasteiger partial charge on any atom is 0.339 e. The van der Waals surface area contributed by atoms with Crippen LogP contribution >= 0.6 is 0 Å². The lowest BCUT2D eigenvalue weighted by atomic mass is 10.2. The van der Waals surface area contributed by atoms with Gasteiger partial charge < -0.3 is 4.74 Å². The van der Waals surface area contributed by atoms with Gasteiger partial charge in [-0.2, -0.15) is 5.26 Å². The van der Waals surface area contributed by atoms with Crippen molar-refractivity contribution in [3.05, 3.63) is 47.4 Å². The molecule has 0 saturated carbocycles. The standard InChI is InChI=1S/C13H11N3O2/c1-9-11(13(17)18-2)5-6-12(15-9)16-7-3-4-10(16)8-14/h3-7H,1-2H3. The van der Waals surface area contributed by atoms with Crippen LogP contribution in [0.25, 0.3) is 5.82 Å². The lowest BCUT2D eigenvalue weighted by Crippen LogP contribution is -2.07. The molecule has 0 aliphatic heterocycles. The monoisotopic (exact) mass is 241 g/mol. The molecule has 0 radical (unpaired) electrons. The van der Waals surface area contributed by atoms with E-state index in [1.54, 1.807) is 42.0 Å². The number of hydrogen-bond donors (Lipinski definition) is 0. The van der Waals surface area contributed by atoms with E-state index >= 15 is 0 Å². The number of ether oxygens (including phenoxy) is 1. The van der Waals surface area contributed by atoms with Crippen LogP contribution in [0.3, 0.4) is 0 Å². The molecule has 2 rings (SSSR count). The molecule has 2 aromatic heterocycles. The Balaban J connectivity index is 2.47. The molecule has 0 aromatic carbocycles. The molecule has 0 fully saturated rings. The second kappa shape index (κ2) is 4.72. The van der Waals surface area contributed by atoms with E-state index in [4.69, 9.17) is 5.26 Å². The second-order valence-electron chi connectivity index (χ2n) is 3.67. The van der Waals surface area contributed by atoms with Gasteiger partial charge in [-0.15, -0.1) is 0 Å². The third-order valence-electron chi connectivity index (χ3n) is 2.59. The Morgan fingerprint density at radius 3 is 2.83 bits per heavy atom. The fourth-order valence-corrected chi connectivity index (χ4v) is 1.68. The Hall–Kier alpha value is -2.61. The third kappa shape index (κ3) is 1.96. The minimum Gasteiger partial charge on any atom is -0.465 e. The molecular formula is C13H11N3O2. The van der Waals surface area contributed by atoms with Gasteiger partial charge in [-0.05, 0) is 31.2 Å². The highest BCUT2D eigenvalue weighted by Crippen LogP contribution is 2.14. The highest BCUT2D eigenvalue weighted by Gasteiger charge is 2.12. The number of methoxy groups -OCH3 is 1. The predicted molar refractivity (Wildman–Crippen MR) is 64.4 cm³/mol. The van der Waals surface area contributed by atoms with Gasteiger partial charge in [0.15, 0.2) is 0 Å². The number of carbonyl (C=O) groups excluding carboxylic acids is 1. The molecule has 0 saturated heterocycles. The van der Waals surface area contributed by atoms with Crippen molar-refractivity contribution in [2.24, 2.45) is 0 Å². The highest BCUT2D eigenvalue weighted by molar-refractivity contribution is 5.90. The van der Waals surface area contributed by atoms with Gasteiger partial charge >= 0.3 is 5.97 Å². The van der Waals surface area contributed by atoms with Crippen LogP contribution in [0.1, 0.15) is 21.7 Å². The first-order valence-electron chi connectivity index (χ1n) is 5.31. The molecule has 90 valence electrons. The van der Waals surface area contributed by atoms with Crippen molar-refractivity contribution in [1.82, 2.24) is 9.55 Å². The summed E-state index contributed by atoms with van der Waals surface area (Å²) in [6.45, 7) is 1.73. The summed E-state index contributed by atoms with van der Waals surface area (Å²) in [5, 5.41) is 8.95. The molecule has 0 aliphatic rings. The molecule has 0 amide bonds. The van der Waals surface area contributed by atoms with E-state index in [1.807, 2.05) is 0 Å². The summed E-state index contributed by atoms with van der Waals surface area (Å²) in [5.41, 5.74) is 1.48. The van der Waals surface area contributed by atoms with Gasteiger partial charge in [0, 0.05) is 6.20 Å². The molecule has 5 heteroatoms. The lowest BCUT2D eigenvalue weighted by molar-refractivity contribution is 0.0599. The Labute approximate surface area is 104 Å². The van der Waals surface area contributed by atoms with Crippen LogP contribution in [0.15, 0.2) is 30.5 Å². The molecule has 0 aliphatic carbocycles. The molecule has 0 spiro atoms. The summed E-state index contributed by atoms with van der Waals surface area (Å²) in [7, 11) is 1.33. The minimum absolute atomic E-state index is 0.417. The SMILES string of the molecule is COC(=O)c1ccc(-n2cccc2C#N)nc1C. The molecule has 0 atom stereocenters. The number of nitriles is 1. The van der Waals surface area contributed by atoms with Gasteiger partial charge in [-0.3, -0.25) is 4.57 Å². The van der Waals surface area contributed by atoms with Gasteiger partial charge in [-0.1, -0.05) is 0 Å². The maximum atomic E-state index is 11.4. The second-order valence-corrected chi connectivity index (χ2v) is 3.67. The number of nitrogens with zero attached hydrogens (tertiary/aromatic N) is 3. The molecule has 2 aromatic rings. The van der Waals surface area contributed by atoms with E-state index in [0.717, 1.165) is 0 Å². The molecule has 5 nitrogen and oxygen atoms in total. The average Bonchev–Trinajstić information content (AvgIpc) is 2.86. The first-order chi connectivity index (χ1) is 8.67. The van der Waals surface area contributed by atoms with Crippen molar-refractivity contribution in [3.63, 3.8) is 0 Å². The quantitative estimate of drug-likeness (QED) is 0.752. The average molecular weight is 241 g/mol. The summed E-state index contributed by atoms with van der Waals surface area (Å²) in [6.07, 6.45) is 1.75. The van der Waals surface area contributed by atoms with Crippen LogP contribution < -0.4 is 0 Å². The van der Waals surface area contributed by atoms with Gasteiger partial charge in [0.25, 0.3) is 0 Å². The number of carbonyl (C=O) groups is 1. The van der Waals surface area contributed by atoms with Crippen LogP contribution in [-0.2, 0) is 4.74 Å². The van der Waals surface area contributed by atoms with Crippen molar-refractivity contribution >= 4 is 5.97 Å². The molecule has 0 unspecified atom stereocenters. The third-order valence-corrected chi connectivity index (χ3v) is 2.59. The van der Waals surface area contributed by atoms with Gasteiger partial charge in [0.1, 0.15) is 17.6 Å². The Morgan fingerprint density at radius 2 is 2.22 bits per heavy atom. The fourth-order valence-electron chi connectivity index (χ4n) is 1.68. The van der Waals surface area contributed by atoms with Gasteiger partial charge in [0.2, 0.25) is 0 Å². The number of esters is 1. The first kappa shape index (κ1) is 11.9. The number of aryl methyl sites for hydroxylation is 1. The van der Waals surface area contributed by atoms with E-state index in [0.29, 0.717) is 22.8 Å². The van der Waals surface area contributed by atoms with Crippen molar-refractivity contribution in [3.8, 4) is 11.9 Å². The molecule has 0 bridgehead atoms. The molecular weight excluding hydrogens is 230 g/mol. The molecule has 18 heavy (non-hydrogen) atoms. The van der Waals surface area contributed by atoms with E-state index in [-0.39, 0.29) is 0 Å². The van der Waals surface area contributed by atoms with Crippen molar-refractivity contribution in [2.75, 3.05) is 7.11 Å². The number of aromatic nitrogens is 2. The largest absolute Gasteiger partial charge is 0.465 e. The van der Waals surface area contributed by atoms with Crippen LogP contribution in [0.4, 0.5) is 0 Å². The molecule has 0 N–H and O–H groups in total. The lowest BCUT2D eigenvalue weighted by Gasteiger charge is -2.07. The fraction of sp³-hybridized carbons (Fsp3) is 0.154. The number of hydrogen-bond acceptors (Lipinski definition) is 4. The summed E-state index contributed by atoms with van der Waals surface area (Å²) in [6, 6.07) is 8.86. The smallest absolute Gasteiger partial charge is 0.339 e. The van der Waals surface area contributed by atoms with Crippen molar-refractivity contribution in [1.29, 1.82) is 5.26 Å².